The van der Waals surface area contributed by atoms with Crippen molar-refractivity contribution < 1.29 is 19.2 Å². The number of nitrogens with zero attached hydrogens (tertiary/aromatic N) is 1. The predicted molar refractivity (Wildman–Crippen MR) is 64.7 cm³/mol. The fourth-order valence-electron chi connectivity index (χ4n) is 1.67. The molecule has 0 N–H and O–H groups in total. The molecule has 18 heavy (non-hydrogen) atoms. The molecule has 0 aromatic heterocycles. The number of rotatable bonds is 4. The Morgan fingerprint density at radius 2 is 1.94 bits per heavy atom. The molecule has 0 saturated heterocycles. The number of benzene rings is 1. The van der Waals surface area contributed by atoms with Gasteiger partial charge in [0.15, 0.2) is 0 Å². The molecule has 1 aromatic carbocycles. The second-order valence-corrected chi connectivity index (χ2v) is 4.26. The fourth-order valence-corrected chi connectivity index (χ4v) is 1.67. The van der Waals surface area contributed by atoms with Crippen molar-refractivity contribution in [1.29, 1.82) is 0 Å². The van der Waals surface area contributed by atoms with Crippen LogP contribution in [0, 0.1) is 10.1 Å². The summed E-state index contributed by atoms with van der Waals surface area (Å²) in [5.41, 5.74) is -0.990. The summed E-state index contributed by atoms with van der Waals surface area (Å²) in [6.07, 6.45) is 0. The SMILES string of the molecule is COC(=O)C(C)(C)c1cc(OC)ccc1[N+](=O)[O-]. The maximum absolute atomic E-state index is 11.7. The van der Waals surface area contributed by atoms with Crippen LogP contribution in [-0.4, -0.2) is 25.1 Å². The first-order valence-corrected chi connectivity index (χ1v) is 5.26. The average Bonchev–Trinajstić information content (AvgIpc) is 2.36. The quantitative estimate of drug-likeness (QED) is 0.466. The Morgan fingerprint density at radius 3 is 2.39 bits per heavy atom. The van der Waals surface area contributed by atoms with Gasteiger partial charge in [0.25, 0.3) is 5.69 Å². The molecule has 0 unspecified atom stereocenters. The molecule has 1 rings (SSSR count). The molecule has 0 amide bonds. The first kappa shape index (κ1) is 14.0. The van der Waals surface area contributed by atoms with Crippen molar-refractivity contribution in [2.45, 2.75) is 19.3 Å². The molecule has 6 nitrogen and oxygen atoms in total. The van der Waals surface area contributed by atoms with E-state index >= 15 is 0 Å². The number of esters is 1. The lowest BCUT2D eigenvalue weighted by molar-refractivity contribution is -0.386. The van der Waals surface area contributed by atoms with Crippen LogP contribution >= 0.6 is 0 Å². The van der Waals surface area contributed by atoms with E-state index in [1.54, 1.807) is 13.8 Å². The van der Waals surface area contributed by atoms with Gasteiger partial charge in [-0.15, -0.1) is 0 Å². The van der Waals surface area contributed by atoms with Crippen LogP contribution in [0.15, 0.2) is 18.2 Å². The van der Waals surface area contributed by atoms with Crippen LogP contribution in [0.25, 0.3) is 0 Å². The minimum absolute atomic E-state index is 0.133. The van der Waals surface area contributed by atoms with Crippen molar-refractivity contribution in [2.75, 3.05) is 14.2 Å². The molecule has 0 saturated carbocycles. The zero-order chi connectivity index (χ0) is 13.9. The molecule has 0 aliphatic rings. The summed E-state index contributed by atoms with van der Waals surface area (Å²) < 4.78 is 9.70. The van der Waals surface area contributed by atoms with Crippen LogP contribution in [0.2, 0.25) is 0 Å². The largest absolute Gasteiger partial charge is 0.497 e. The van der Waals surface area contributed by atoms with E-state index in [0.29, 0.717) is 5.75 Å². The standard InChI is InChI=1S/C12H15NO5/c1-12(2,11(14)18-4)9-7-8(17-3)5-6-10(9)13(15)16/h5-7H,1-4H3. The Labute approximate surface area is 105 Å². The maximum atomic E-state index is 11.7. The minimum atomic E-state index is -1.12. The lowest BCUT2D eigenvalue weighted by atomic mass is 9.83. The van der Waals surface area contributed by atoms with Crippen molar-refractivity contribution in [3.8, 4) is 5.75 Å². The van der Waals surface area contributed by atoms with E-state index < -0.39 is 16.3 Å². The third kappa shape index (κ3) is 2.42. The maximum Gasteiger partial charge on any atom is 0.315 e. The minimum Gasteiger partial charge on any atom is -0.497 e. The van der Waals surface area contributed by atoms with Gasteiger partial charge in [0.1, 0.15) is 5.75 Å². The fraction of sp³-hybridized carbons (Fsp3) is 0.417. The first-order chi connectivity index (χ1) is 8.34. The van der Waals surface area contributed by atoms with E-state index in [1.807, 2.05) is 0 Å². The van der Waals surface area contributed by atoms with Gasteiger partial charge >= 0.3 is 5.97 Å². The Bertz CT molecular complexity index is 481. The highest BCUT2D eigenvalue weighted by atomic mass is 16.6. The monoisotopic (exact) mass is 253 g/mol. The van der Waals surface area contributed by atoms with Gasteiger partial charge < -0.3 is 9.47 Å². The third-order valence-electron chi connectivity index (χ3n) is 2.77. The molecule has 0 heterocycles. The molecular weight excluding hydrogens is 238 g/mol. The van der Waals surface area contributed by atoms with Gasteiger partial charge in [0.2, 0.25) is 0 Å². The van der Waals surface area contributed by atoms with E-state index in [2.05, 4.69) is 4.74 Å². The summed E-state index contributed by atoms with van der Waals surface area (Å²) in [6.45, 7) is 3.14. The molecule has 0 bridgehead atoms. The van der Waals surface area contributed by atoms with Gasteiger partial charge in [-0.1, -0.05) is 0 Å². The number of hydrogen-bond donors (Lipinski definition) is 0. The topological polar surface area (TPSA) is 78.7 Å². The van der Waals surface area contributed by atoms with Crippen LogP contribution in [0.3, 0.4) is 0 Å². The third-order valence-corrected chi connectivity index (χ3v) is 2.77. The molecule has 0 radical (unpaired) electrons. The summed E-state index contributed by atoms with van der Waals surface area (Å²) in [7, 11) is 2.70. The van der Waals surface area contributed by atoms with Crippen molar-refractivity contribution in [1.82, 2.24) is 0 Å². The van der Waals surface area contributed by atoms with Gasteiger partial charge in [-0.25, -0.2) is 0 Å². The van der Waals surface area contributed by atoms with E-state index in [4.69, 9.17) is 4.74 Å². The summed E-state index contributed by atoms with van der Waals surface area (Å²) in [6, 6.07) is 4.28. The predicted octanol–water partition coefficient (Wildman–Crippen LogP) is 2.05. The van der Waals surface area contributed by atoms with Crippen molar-refractivity contribution in [3.05, 3.63) is 33.9 Å². The smallest absolute Gasteiger partial charge is 0.315 e. The zero-order valence-corrected chi connectivity index (χ0v) is 10.7. The molecular formula is C12H15NO5. The highest BCUT2D eigenvalue weighted by Gasteiger charge is 2.37. The summed E-state index contributed by atoms with van der Waals surface area (Å²) >= 11 is 0. The van der Waals surface area contributed by atoms with Crippen LogP contribution in [-0.2, 0) is 14.9 Å². The van der Waals surface area contributed by atoms with E-state index in [1.165, 1.54) is 32.4 Å². The number of ether oxygens (including phenoxy) is 2. The second kappa shape index (κ2) is 5.03. The van der Waals surface area contributed by atoms with E-state index in [0.717, 1.165) is 0 Å². The van der Waals surface area contributed by atoms with Gasteiger partial charge in [-0.2, -0.15) is 0 Å². The normalized spacial score (nSPS) is 10.9. The van der Waals surface area contributed by atoms with E-state index in [-0.39, 0.29) is 11.3 Å². The van der Waals surface area contributed by atoms with Gasteiger partial charge in [-0.05, 0) is 26.0 Å². The van der Waals surface area contributed by atoms with Gasteiger partial charge in [-0.3, -0.25) is 14.9 Å². The molecule has 6 heteroatoms. The molecule has 98 valence electrons. The number of carbonyl (C=O) groups excluding carboxylic acids is 1. The molecule has 0 spiro atoms. The van der Waals surface area contributed by atoms with Crippen LogP contribution in [0.4, 0.5) is 5.69 Å². The molecule has 0 atom stereocenters. The lowest BCUT2D eigenvalue weighted by Gasteiger charge is -2.22. The van der Waals surface area contributed by atoms with Crippen molar-refractivity contribution in [2.24, 2.45) is 0 Å². The number of nitro groups is 1. The highest BCUT2D eigenvalue weighted by molar-refractivity contribution is 5.84. The number of nitro benzene ring substituents is 1. The molecule has 0 aliphatic carbocycles. The second-order valence-electron chi connectivity index (χ2n) is 4.26. The Morgan fingerprint density at radius 1 is 1.33 bits per heavy atom. The van der Waals surface area contributed by atoms with Crippen LogP contribution in [0.5, 0.6) is 5.75 Å². The lowest BCUT2D eigenvalue weighted by Crippen LogP contribution is -2.31. The number of hydrogen-bond acceptors (Lipinski definition) is 5. The summed E-state index contributed by atoms with van der Waals surface area (Å²) in [4.78, 5) is 22.2. The van der Waals surface area contributed by atoms with Crippen LogP contribution in [0.1, 0.15) is 19.4 Å². The molecule has 1 aromatic rings. The molecule has 0 aliphatic heterocycles. The van der Waals surface area contributed by atoms with E-state index in [9.17, 15) is 14.9 Å². The average molecular weight is 253 g/mol. The Hall–Kier alpha value is -2.11. The van der Waals surface area contributed by atoms with Crippen molar-refractivity contribution in [3.63, 3.8) is 0 Å². The number of carbonyl (C=O) groups is 1. The Balaban J connectivity index is 3.44. The van der Waals surface area contributed by atoms with Gasteiger partial charge in [0, 0.05) is 6.07 Å². The highest BCUT2D eigenvalue weighted by Crippen LogP contribution is 2.35. The van der Waals surface area contributed by atoms with Crippen LogP contribution < -0.4 is 4.74 Å². The van der Waals surface area contributed by atoms with Gasteiger partial charge in [0.05, 0.1) is 30.1 Å². The molecule has 0 fully saturated rings. The summed E-state index contributed by atoms with van der Waals surface area (Å²) in [5, 5.41) is 11.0. The zero-order valence-electron chi connectivity index (χ0n) is 10.7. The Kier molecular flexibility index (Phi) is 3.90. The van der Waals surface area contributed by atoms with Crippen molar-refractivity contribution >= 4 is 11.7 Å². The number of methoxy groups -OCH3 is 2. The first-order valence-electron chi connectivity index (χ1n) is 5.26. The summed E-state index contributed by atoms with van der Waals surface area (Å²) in [5.74, 6) is -0.0913.